The summed E-state index contributed by atoms with van der Waals surface area (Å²) in [5, 5.41) is 4.47. The van der Waals surface area contributed by atoms with Gasteiger partial charge in [-0.3, -0.25) is 4.79 Å². The smallest absolute Gasteiger partial charge is 0.263 e. The van der Waals surface area contributed by atoms with E-state index in [-0.39, 0.29) is 5.91 Å². The maximum atomic E-state index is 12.3. The molecule has 4 nitrogen and oxygen atoms in total. The zero-order valence-electron chi connectivity index (χ0n) is 11.8. The van der Waals surface area contributed by atoms with Crippen molar-refractivity contribution in [1.29, 1.82) is 0 Å². The Morgan fingerprint density at radius 1 is 1.52 bits per heavy atom. The van der Waals surface area contributed by atoms with Crippen molar-refractivity contribution in [3.05, 3.63) is 23.1 Å². The summed E-state index contributed by atoms with van der Waals surface area (Å²) in [4.78, 5) is 12.9. The average molecular weight is 322 g/mol. The Morgan fingerprint density at radius 2 is 2.38 bits per heavy atom. The molecule has 0 saturated carbocycles. The maximum Gasteiger partial charge on any atom is 0.263 e. The Hall–Kier alpha value is -1.40. The Bertz CT molecular complexity index is 663. The summed E-state index contributed by atoms with van der Waals surface area (Å²) in [5.74, 6) is 1.91. The van der Waals surface area contributed by atoms with Crippen LogP contribution in [0.4, 0.5) is 5.69 Å². The first kappa shape index (κ1) is 14.5. The zero-order valence-corrected chi connectivity index (χ0v) is 13.5. The molecule has 1 unspecified atom stereocenters. The Kier molecular flexibility index (Phi) is 4.26. The van der Waals surface area contributed by atoms with Gasteiger partial charge in [0.05, 0.1) is 12.8 Å². The number of methoxy groups -OCH3 is 1. The van der Waals surface area contributed by atoms with Crippen molar-refractivity contribution in [2.75, 3.05) is 25.1 Å². The van der Waals surface area contributed by atoms with Gasteiger partial charge in [-0.25, -0.2) is 0 Å². The zero-order chi connectivity index (χ0) is 14.8. The molecule has 0 spiro atoms. The first-order valence-electron chi connectivity index (χ1n) is 6.95. The second-order valence-electron chi connectivity index (χ2n) is 5.05. The van der Waals surface area contributed by atoms with Crippen LogP contribution in [0, 0.1) is 0 Å². The highest BCUT2D eigenvalue weighted by Gasteiger charge is 2.20. The lowest BCUT2D eigenvalue weighted by molar-refractivity contribution is 0.0958. The number of carbonyl (C=O) groups is 1. The number of carbonyl (C=O) groups excluding carboxylic acids is 1. The second kappa shape index (κ2) is 6.15. The molecule has 3 N–H and O–H groups in total. The SMILES string of the molecule is COc1ccc2c(N)c(C(=O)NCC3CCCS3)sc2c1. The molecule has 2 heterocycles. The first-order valence-corrected chi connectivity index (χ1v) is 8.81. The van der Waals surface area contributed by atoms with Crippen molar-refractivity contribution in [2.45, 2.75) is 18.1 Å². The van der Waals surface area contributed by atoms with Gasteiger partial charge in [0.1, 0.15) is 10.6 Å². The summed E-state index contributed by atoms with van der Waals surface area (Å²) in [7, 11) is 1.63. The molecule has 1 aromatic heterocycles. The van der Waals surface area contributed by atoms with Gasteiger partial charge in [0.25, 0.3) is 5.91 Å². The van der Waals surface area contributed by atoms with Crippen molar-refractivity contribution in [1.82, 2.24) is 5.32 Å². The molecule has 0 bridgehead atoms. The van der Waals surface area contributed by atoms with Crippen LogP contribution in [0.15, 0.2) is 18.2 Å². The normalized spacial score (nSPS) is 18.0. The highest BCUT2D eigenvalue weighted by molar-refractivity contribution is 8.00. The molecular formula is C15H18N2O2S2. The molecule has 1 amide bonds. The minimum atomic E-state index is -0.0693. The lowest BCUT2D eigenvalue weighted by Crippen LogP contribution is -2.29. The van der Waals surface area contributed by atoms with Gasteiger partial charge in [-0.2, -0.15) is 11.8 Å². The molecule has 3 rings (SSSR count). The largest absolute Gasteiger partial charge is 0.497 e. The monoisotopic (exact) mass is 322 g/mol. The number of nitrogens with one attached hydrogen (secondary N) is 1. The minimum Gasteiger partial charge on any atom is -0.497 e. The Balaban J connectivity index is 1.78. The molecule has 2 aromatic rings. The molecule has 1 saturated heterocycles. The van der Waals surface area contributed by atoms with Gasteiger partial charge < -0.3 is 15.8 Å². The number of rotatable bonds is 4. The van der Waals surface area contributed by atoms with E-state index in [1.165, 1.54) is 29.9 Å². The fourth-order valence-corrected chi connectivity index (χ4v) is 4.75. The van der Waals surface area contributed by atoms with E-state index in [1.54, 1.807) is 7.11 Å². The maximum absolute atomic E-state index is 12.3. The number of hydrogen-bond donors (Lipinski definition) is 2. The molecule has 1 aliphatic heterocycles. The third kappa shape index (κ3) is 2.96. The van der Waals surface area contributed by atoms with Crippen molar-refractivity contribution in [3.63, 3.8) is 0 Å². The summed E-state index contributed by atoms with van der Waals surface area (Å²) in [6.45, 7) is 0.723. The van der Waals surface area contributed by atoms with Crippen LogP contribution >= 0.6 is 23.1 Å². The number of ether oxygens (including phenoxy) is 1. The lowest BCUT2D eigenvalue weighted by atomic mass is 10.2. The van der Waals surface area contributed by atoms with Crippen LogP contribution in [0.25, 0.3) is 10.1 Å². The van der Waals surface area contributed by atoms with Crippen LogP contribution in [0.2, 0.25) is 0 Å². The summed E-state index contributed by atoms with van der Waals surface area (Å²) in [6.07, 6.45) is 2.43. The lowest BCUT2D eigenvalue weighted by Gasteiger charge is -2.09. The number of benzene rings is 1. The van der Waals surface area contributed by atoms with E-state index in [2.05, 4.69) is 5.32 Å². The third-order valence-corrected chi connectivity index (χ3v) is 6.22. The van der Waals surface area contributed by atoms with Crippen LogP contribution in [-0.2, 0) is 0 Å². The number of thioether (sulfide) groups is 1. The van der Waals surface area contributed by atoms with E-state index in [0.29, 0.717) is 15.8 Å². The summed E-state index contributed by atoms with van der Waals surface area (Å²) >= 11 is 3.35. The number of hydrogen-bond acceptors (Lipinski definition) is 5. The standard InChI is InChI=1S/C15H18N2O2S2/c1-19-9-4-5-11-12(7-9)21-14(13(11)16)15(18)17-8-10-3-2-6-20-10/h4-5,7,10H,2-3,6,8,16H2,1H3,(H,17,18). The van der Waals surface area contributed by atoms with Crippen molar-refractivity contribution in [3.8, 4) is 5.75 Å². The molecular weight excluding hydrogens is 304 g/mol. The van der Waals surface area contributed by atoms with Gasteiger partial charge in [0, 0.05) is 21.9 Å². The molecule has 0 radical (unpaired) electrons. The highest BCUT2D eigenvalue weighted by atomic mass is 32.2. The molecule has 6 heteroatoms. The van der Waals surface area contributed by atoms with E-state index in [4.69, 9.17) is 10.5 Å². The number of anilines is 1. The number of fused-ring (bicyclic) bond motifs is 1. The summed E-state index contributed by atoms with van der Waals surface area (Å²) in [6, 6.07) is 5.69. The van der Waals surface area contributed by atoms with Crippen molar-refractivity contribution < 1.29 is 9.53 Å². The minimum absolute atomic E-state index is 0.0693. The van der Waals surface area contributed by atoms with Gasteiger partial charge in [-0.05, 0) is 36.8 Å². The number of nitrogens with two attached hydrogens (primary N) is 1. The van der Waals surface area contributed by atoms with E-state index in [1.807, 2.05) is 30.0 Å². The van der Waals surface area contributed by atoms with Crippen LogP contribution < -0.4 is 15.8 Å². The quantitative estimate of drug-likeness (QED) is 0.908. The van der Waals surface area contributed by atoms with Gasteiger partial charge in [0.15, 0.2) is 0 Å². The Morgan fingerprint density at radius 3 is 3.10 bits per heavy atom. The van der Waals surface area contributed by atoms with Gasteiger partial charge in [-0.1, -0.05) is 0 Å². The summed E-state index contributed by atoms with van der Waals surface area (Å²) in [5.41, 5.74) is 6.68. The van der Waals surface area contributed by atoms with Gasteiger partial charge in [-0.15, -0.1) is 11.3 Å². The number of amides is 1. The molecule has 1 atom stereocenters. The fraction of sp³-hybridized carbons (Fsp3) is 0.400. The molecule has 21 heavy (non-hydrogen) atoms. The second-order valence-corrected chi connectivity index (χ2v) is 7.51. The molecule has 1 aromatic carbocycles. The van der Waals surface area contributed by atoms with E-state index >= 15 is 0 Å². The van der Waals surface area contributed by atoms with Gasteiger partial charge in [0.2, 0.25) is 0 Å². The van der Waals surface area contributed by atoms with E-state index in [0.717, 1.165) is 22.4 Å². The van der Waals surface area contributed by atoms with E-state index < -0.39 is 0 Å². The fourth-order valence-electron chi connectivity index (χ4n) is 2.48. The van der Waals surface area contributed by atoms with Crippen LogP contribution in [0.3, 0.4) is 0 Å². The average Bonchev–Trinajstić information content (AvgIpc) is 3.12. The van der Waals surface area contributed by atoms with Crippen molar-refractivity contribution in [2.24, 2.45) is 0 Å². The Labute approximate surface area is 132 Å². The number of nitrogen functional groups attached to an aromatic ring is 1. The van der Waals surface area contributed by atoms with Crippen LogP contribution in [0.5, 0.6) is 5.75 Å². The molecule has 112 valence electrons. The van der Waals surface area contributed by atoms with Crippen LogP contribution in [0.1, 0.15) is 22.5 Å². The predicted molar refractivity (Wildman–Crippen MR) is 90.6 cm³/mol. The molecule has 1 aliphatic rings. The first-order chi connectivity index (χ1) is 10.2. The number of thiophene rings is 1. The predicted octanol–water partition coefficient (Wildman–Crippen LogP) is 3.12. The van der Waals surface area contributed by atoms with E-state index in [9.17, 15) is 4.79 Å². The van der Waals surface area contributed by atoms with Gasteiger partial charge >= 0.3 is 0 Å². The topological polar surface area (TPSA) is 64.3 Å². The van der Waals surface area contributed by atoms with Crippen LogP contribution in [-0.4, -0.2) is 30.6 Å². The molecule has 0 aliphatic carbocycles. The van der Waals surface area contributed by atoms with Crippen molar-refractivity contribution >= 4 is 44.8 Å². The summed E-state index contributed by atoms with van der Waals surface area (Å²) < 4.78 is 6.19. The molecule has 1 fully saturated rings. The third-order valence-electron chi connectivity index (χ3n) is 3.66. The highest BCUT2D eigenvalue weighted by Crippen LogP contribution is 2.35.